The van der Waals surface area contributed by atoms with Crippen molar-refractivity contribution >= 4 is 17.3 Å². The highest BCUT2D eigenvalue weighted by molar-refractivity contribution is 5.89. The lowest BCUT2D eigenvalue weighted by Gasteiger charge is -2.18. The number of nitrogens with zero attached hydrogens (tertiary/aromatic N) is 2. The molecule has 0 spiro atoms. The minimum Gasteiger partial charge on any atom is -0.478 e. The fourth-order valence-corrected chi connectivity index (χ4v) is 1.58. The molecule has 1 aromatic carbocycles. The van der Waals surface area contributed by atoms with Crippen LogP contribution in [-0.4, -0.2) is 29.6 Å². The summed E-state index contributed by atoms with van der Waals surface area (Å²) in [6.45, 7) is 2.64. The number of hydrogen-bond acceptors (Lipinski definition) is 4. The molecule has 0 saturated carbocycles. The highest BCUT2D eigenvalue weighted by Crippen LogP contribution is 2.28. The van der Waals surface area contributed by atoms with E-state index in [2.05, 4.69) is 0 Å². The molecule has 0 unspecified atom stereocenters. The molecule has 1 aromatic rings. The summed E-state index contributed by atoms with van der Waals surface area (Å²) in [5.74, 6) is -1.17. The highest BCUT2D eigenvalue weighted by atomic mass is 16.6. The lowest BCUT2D eigenvalue weighted by molar-refractivity contribution is -0.384. The van der Waals surface area contributed by atoms with E-state index in [-0.39, 0.29) is 11.3 Å². The Bertz CT molecular complexity index is 445. The Morgan fingerprint density at radius 1 is 1.53 bits per heavy atom. The van der Waals surface area contributed by atoms with Crippen LogP contribution in [-0.2, 0) is 0 Å². The molecule has 0 bridgehead atoms. The molecule has 0 amide bonds. The van der Waals surface area contributed by atoms with Gasteiger partial charge >= 0.3 is 5.97 Å². The van der Waals surface area contributed by atoms with Crippen LogP contribution < -0.4 is 4.90 Å². The first-order valence-corrected chi connectivity index (χ1v) is 5.20. The van der Waals surface area contributed by atoms with Crippen molar-refractivity contribution in [3.8, 4) is 0 Å². The standard InChI is InChI=1S/C11H14N2O4/c1-3-6-12(2)9-5-4-8(11(14)15)7-10(9)13(16)17/h4-5,7H,3,6H2,1-2H3,(H,14,15). The minimum atomic E-state index is -1.17. The van der Waals surface area contributed by atoms with E-state index in [9.17, 15) is 14.9 Å². The van der Waals surface area contributed by atoms with Gasteiger partial charge in [-0.05, 0) is 18.6 Å². The smallest absolute Gasteiger partial charge is 0.335 e. The number of nitro benzene ring substituents is 1. The zero-order chi connectivity index (χ0) is 13.0. The van der Waals surface area contributed by atoms with Gasteiger partial charge in [0.15, 0.2) is 0 Å². The fraction of sp³-hybridized carbons (Fsp3) is 0.364. The number of rotatable bonds is 5. The number of hydrogen-bond donors (Lipinski definition) is 1. The van der Waals surface area contributed by atoms with Crippen LogP contribution in [0.3, 0.4) is 0 Å². The predicted molar refractivity (Wildman–Crippen MR) is 63.6 cm³/mol. The molecular formula is C11H14N2O4. The Balaban J connectivity index is 3.22. The minimum absolute atomic E-state index is 0.0784. The molecule has 0 fully saturated rings. The topological polar surface area (TPSA) is 83.7 Å². The number of nitro groups is 1. The summed E-state index contributed by atoms with van der Waals surface area (Å²) in [5, 5.41) is 19.7. The van der Waals surface area contributed by atoms with Gasteiger partial charge in [-0.2, -0.15) is 0 Å². The second-order valence-corrected chi connectivity index (χ2v) is 3.69. The SMILES string of the molecule is CCCN(C)c1ccc(C(=O)O)cc1[N+](=O)[O-]. The zero-order valence-electron chi connectivity index (χ0n) is 9.71. The molecule has 0 saturated heterocycles. The molecule has 0 aromatic heterocycles. The summed E-state index contributed by atoms with van der Waals surface area (Å²) in [6.07, 6.45) is 0.855. The number of anilines is 1. The van der Waals surface area contributed by atoms with E-state index < -0.39 is 10.9 Å². The Morgan fingerprint density at radius 2 is 2.18 bits per heavy atom. The van der Waals surface area contributed by atoms with Gasteiger partial charge in [0.05, 0.1) is 10.5 Å². The van der Waals surface area contributed by atoms with E-state index in [0.717, 1.165) is 12.5 Å². The summed E-state index contributed by atoms with van der Waals surface area (Å²) in [5.41, 5.74) is 0.174. The van der Waals surface area contributed by atoms with Crippen LogP contribution in [0, 0.1) is 10.1 Å². The quantitative estimate of drug-likeness (QED) is 0.627. The van der Waals surface area contributed by atoms with Gasteiger partial charge in [0, 0.05) is 19.7 Å². The Morgan fingerprint density at radius 3 is 2.65 bits per heavy atom. The summed E-state index contributed by atoms with van der Waals surface area (Å²) >= 11 is 0. The first-order chi connectivity index (χ1) is 7.97. The maximum atomic E-state index is 10.9. The van der Waals surface area contributed by atoms with Crippen LogP contribution in [0.25, 0.3) is 0 Å². The third kappa shape index (κ3) is 2.93. The van der Waals surface area contributed by atoms with Crippen molar-refractivity contribution in [2.24, 2.45) is 0 Å². The second-order valence-electron chi connectivity index (χ2n) is 3.69. The highest BCUT2D eigenvalue weighted by Gasteiger charge is 2.19. The normalized spacial score (nSPS) is 10.0. The first kappa shape index (κ1) is 13.0. The average molecular weight is 238 g/mol. The summed E-state index contributed by atoms with van der Waals surface area (Å²) in [7, 11) is 1.74. The monoisotopic (exact) mass is 238 g/mol. The van der Waals surface area contributed by atoms with E-state index in [1.54, 1.807) is 11.9 Å². The molecule has 0 aliphatic heterocycles. The zero-order valence-corrected chi connectivity index (χ0v) is 9.71. The van der Waals surface area contributed by atoms with Crippen molar-refractivity contribution in [1.82, 2.24) is 0 Å². The van der Waals surface area contributed by atoms with Gasteiger partial charge in [-0.15, -0.1) is 0 Å². The third-order valence-corrected chi connectivity index (χ3v) is 2.39. The maximum absolute atomic E-state index is 10.9. The fourth-order valence-electron chi connectivity index (χ4n) is 1.58. The van der Waals surface area contributed by atoms with Crippen molar-refractivity contribution in [2.75, 3.05) is 18.5 Å². The van der Waals surface area contributed by atoms with E-state index in [0.29, 0.717) is 12.2 Å². The van der Waals surface area contributed by atoms with Gasteiger partial charge in [0.2, 0.25) is 0 Å². The van der Waals surface area contributed by atoms with Crippen molar-refractivity contribution in [2.45, 2.75) is 13.3 Å². The number of carboxylic acids is 1. The molecule has 0 atom stereocenters. The molecule has 0 aliphatic rings. The predicted octanol–water partition coefficient (Wildman–Crippen LogP) is 2.14. The lowest BCUT2D eigenvalue weighted by atomic mass is 10.1. The largest absolute Gasteiger partial charge is 0.478 e. The third-order valence-electron chi connectivity index (χ3n) is 2.39. The van der Waals surface area contributed by atoms with E-state index in [1.807, 2.05) is 6.92 Å². The number of carboxylic acid groups (broad SMARTS) is 1. The van der Waals surface area contributed by atoms with Crippen molar-refractivity contribution in [3.05, 3.63) is 33.9 Å². The number of benzene rings is 1. The van der Waals surface area contributed by atoms with Gasteiger partial charge in [-0.25, -0.2) is 4.79 Å². The van der Waals surface area contributed by atoms with Crippen LogP contribution in [0.2, 0.25) is 0 Å². The van der Waals surface area contributed by atoms with Crippen LogP contribution in [0.1, 0.15) is 23.7 Å². The first-order valence-electron chi connectivity index (χ1n) is 5.20. The summed E-state index contributed by atoms with van der Waals surface area (Å²) < 4.78 is 0. The molecule has 1 N–H and O–H groups in total. The van der Waals surface area contributed by atoms with Gasteiger partial charge in [0.25, 0.3) is 5.69 Å². The Hall–Kier alpha value is -2.11. The molecule has 0 aliphatic carbocycles. The Labute approximate surface area is 98.6 Å². The lowest BCUT2D eigenvalue weighted by Crippen LogP contribution is -2.19. The molecule has 0 radical (unpaired) electrons. The van der Waals surface area contributed by atoms with Crippen LogP contribution in [0.5, 0.6) is 0 Å². The van der Waals surface area contributed by atoms with Crippen LogP contribution >= 0.6 is 0 Å². The molecule has 92 valence electrons. The van der Waals surface area contributed by atoms with Crippen LogP contribution in [0.4, 0.5) is 11.4 Å². The van der Waals surface area contributed by atoms with Gasteiger partial charge < -0.3 is 10.0 Å². The average Bonchev–Trinajstić information content (AvgIpc) is 2.28. The van der Waals surface area contributed by atoms with Gasteiger partial charge in [-0.3, -0.25) is 10.1 Å². The van der Waals surface area contributed by atoms with E-state index in [1.165, 1.54) is 12.1 Å². The van der Waals surface area contributed by atoms with Crippen molar-refractivity contribution in [3.63, 3.8) is 0 Å². The molecule has 6 nitrogen and oxygen atoms in total. The maximum Gasteiger partial charge on any atom is 0.335 e. The summed E-state index contributed by atoms with van der Waals surface area (Å²) in [6, 6.07) is 3.93. The van der Waals surface area contributed by atoms with Crippen molar-refractivity contribution in [1.29, 1.82) is 0 Å². The van der Waals surface area contributed by atoms with Gasteiger partial charge in [0.1, 0.15) is 5.69 Å². The Kier molecular flexibility index (Phi) is 4.03. The van der Waals surface area contributed by atoms with E-state index in [4.69, 9.17) is 5.11 Å². The summed E-state index contributed by atoms with van der Waals surface area (Å²) in [4.78, 5) is 22.8. The number of aromatic carboxylic acids is 1. The van der Waals surface area contributed by atoms with Crippen molar-refractivity contribution < 1.29 is 14.8 Å². The van der Waals surface area contributed by atoms with Gasteiger partial charge in [-0.1, -0.05) is 6.92 Å². The molecule has 6 heteroatoms. The molecular weight excluding hydrogens is 224 g/mol. The molecule has 17 heavy (non-hydrogen) atoms. The number of carbonyl (C=O) groups is 1. The second kappa shape index (κ2) is 5.29. The molecule has 1 rings (SSSR count). The van der Waals surface area contributed by atoms with Crippen LogP contribution in [0.15, 0.2) is 18.2 Å². The van der Waals surface area contributed by atoms with E-state index >= 15 is 0 Å². The molecule has 0 heterocycles.